The minimum Gasteiger partial charge on any atom is -0.459 e. The molecular formula is C24H27FN2O2S. The van der Waals surface area contributed by atoms with Crippen LogP contribution in [0.25, 0.3) is 0 Å². The molecule has 6 heteroatoms. The number of rotatable bonds is 6. The first-order valence-corrected chi connectivity index (χ1v) is 11.3. The minimum atomic E-state index is -0.254. The van der Waals surface area contributed by atoms with Crippen LogP contribution in [0.15, 0.2) is 53.1 Å². The Kier molecular flexibility index (Phi) is 6.35. The van der Waals surface area contributed by atoms with E-state index in [0.717, 1.165) is 48.5 Å². The molecule has 3 heterocycles. The number of hydrogen-bond donors (Lipinski definition) is 1. The third kappa shape index (κ3) is 4.50. The molecule has 30 heavy (non-hydrogen) atoms. The van der Waals surface area contributed by atoms with Gasteiger partial charge in [0, 0.05) is 10.4 Å². The van der Waals surface area contributed by atoms with Crippen LogP contribution in [0.5, 0.6) is 0 Å². The molecule has 3 aromatic rings. The molecule has 1 aliphatic rings. The summed E-state index contributed by atoms with van der Waals surface area (Å²) in [5.41, 5.74) is 2.11. The van der Waals surface area contributed by atoms with Crippen LogP contribution in [-0.4, -0.2) is 23.9 Å². The van der Waals surface area contributed by atoms with Crippen LogP contribution in [0.3, 0.4) is 0 Å². The van der Waals surface area contributed by atoms with Crippen LogP contribution in [0, 0.1) is 11.7 Å². The Labute approximate surface area is 180 Å². The maximum atomic E-state index is 13.6. The van der Waals surface area contributed by atoms with Gasteiger partial charge in [0.15, 0.2) is 5.76 Å². The first kappa shape index (κ1) is 20.8. The van der Waals surface area contributed by atoms with Gasteiger partial charge in [-0.15, -0.1) is 11.3 Å². The molecule has 1 fully saturated rings. The third-order valence-electron chi connectivity index (χ3n) is 5.80. The molecule has 1 amide bonds. The Morgan fingerprint density at radius 2 is 2.00 bits per heavy atom. The van der Waals surface area contributed by atoms with E-state index in [1.807, 2.05) is 12.1 Å². The van der Waals surface area contributed by atoms with E-state index >= 15 is 0 Å². The van der Waals surface area contributed by atoms with Gasteiger partial charge < -0.3 is 9.73 Å². The highest BCUT2D eigenvalue weighted by Gasteiger charge is 2.30. The summed E-state index contributed by atoms with van der Waals surface area (Å²) in [6.07, 6.45) is 4.66. The molecular weight excluding hydrogens is 399 g/mol. The number of benzene rings is 1. The highest BCUT2D eigenvalue weighted by molar-refractivity contribution is 7.16. The molecule has 4 nitrogen and oxygen atoms in total. The highest BCUT2D eigenvalue weighted by atomic mass is 32.1. The second-order valence-electron chi connectivity index (χ2n) is 7.95. The fourth-order valence-electron chi connectivity index (χ4n) is 4.02. The van der Waals surface area contributed by atoms with Gasteiger partial charge in [-0.2, -0.15) is 0 Å². The van der Waals surface area contributed by atoms with Crippen molar-refractivity contribution in [1.82, 2.24) is 4.90 Å². The second-order valence-corrected chi connectivity index (χ2v) is 9.09. The summed E-state index contributed by atoms with van der Waals surface area (Å²) in [5, 5.41) is 3.90. The van der Waals surface area contributed by atoms with E-state index in [0.29, 0.717) is 5.92 Å². The number of piperidine rings is 1. The Morgan fingerprint density at radius 1 is 1.27 bits per heavy atom. The average Bonchev–Trinajstić information content (AvgIpc) is 3.42. The van der Waals surface area contributed by atoms with Gasteiger partial charge in [-0.25, -0.2) is 4.39 Å². The molecule has 1 saturated heterocycles. The lowest BCUT2D eigenvalue weighted by atomic mass is 9.92. The molecule has 2 aromatic heterocycles. The number of likely N-dealkylation sites (tertiary alicyclic amines) is 1. The monoisotopic (exact) mass is 426 g/mol. The Morgan fingerprint density at radius 3 is 2.63 bits per heavy atom. The van der Waals surface area contributed by atoms with Crippen molar-refractivity contribution in [2.75, 3.05) is 18.4 Å². The largest absolute Gasteiger partial charge is 0.459 e. The predicted molar refractivity (Wildman–Crippen MR) is 119 cm³/mol. The van der Waals surface area contributed by atoms with Crippen molar-refractivity contribution >= 4 is 22.2 Å². The summed E-state index contributed by atoms with van der Waals surface area (Å²) in [6.45, 7) is 6.36. The normalized spacial score (nSPS) is 16.5. The van der Waals surface area contributed by atoms with E-state index in [9.17, 15) is 9.18 Å². The lowest BCUT2D eigenvalue weighted by Crippen LogP contribution is -2.37. The summed E-state index contributed by atoms with van der Waals surface area (Å²) >= 11 is 1.60. The molecule has 1 N–H and O–H groups in total. The zero-order valence-electron chi connectivity index (χ0n) is 17.4. The quantitative estimate of drug-likeness (QED) is 0.517. The van der Waals surface area contributed by atoms with Crippen LogP contribution in [-0.2, 0) is 6.42 Å². The van der Waals surface area contributed by atoms with E-state index in [-0.39, 0.29) is 23.5 Å². The number of nitrogens with zero attached hydrogens (tertiary/aromatic N) is 1. The summed E-state index contributed by atoms with van der Waals surface area (Å²) in [7, 11) is 0. The number of anilines is 1. The molecule has 1 aromatic carbocycles. The van der Waals surface area contributed by atoms with Gasteiger partial charge >= 0.3 is 0 Å². The number of carbonyl (C=O) groups excluding carboxylic acids is 1. The van der Waals surface area contributed by atoms with Gasteiger partial charge in [0.25, 0.3) is 5.91 Å². The third-order valence-corrected chi connectivity index (χ3v) is 7.01. The van der Waals surface area contributed by atoms with Crippen molar-refractivity contribution in [2.45, 2.75) is 39.2 Å². The lowest BCUT2D eigenvalue weighted by molar-refractivity contribution is 0.0996. The van der Waals surface area contributed by atoms with Crippen molar-refractivity contribution in [1.29, 1.82) is 0 Å². The van der Waals surface area contributed by atoms with E-state index in [1.54, 1.807) is 23.5 Å². The Balaban J connectivity index is 1.72. The van der Waals surface area contributed by atoms with Crippen LogP contribution < -0.4 is 5.32 Å². The molecule has 1 aliphatic heterocycles. The smallest absolute Gasteiger partial charge is 0.291 e. The first-order valence-electron chi connectivity index (χ1n) is 10.5. The maximum Gasteiger partial charge on any atom is 0.291 e. The zero-order valence-corrected chi connectivity index (χ0v) is 18.2. The summed E-state index contributed by atoms with van der Waals surface area (Å²) < 4.78 is 18.9. The summed E-state index contributed by atoms with van der Waals surface area (Å²) in [5.74, 6) is 0.506. The Hall–Kier alpha value is -2.44. The number of aryl methyl sites for hydroxylation is 1. The maximum absolute atomic E-state index is 13.6. The molecule has 0 radical (unpaired) electrons. The molecule has 158 valence electrons. The van der Waals surface area contributed by atoms with E-state index in [4.69, 9.17) is 4.42 Å². The number of halogens is 1. The Bertz CT molecular complexity index is 973. The number of furan rings is 1. The van der Waals surface area contributed by atoms with Crippen LogP contribution in [0.4, 0.5) is 9.39 Å². The van der Waals surface area contributed by atoms with Gasteiger partial charge in [0.05, 0.1) is 12.3 Å². The van der Waals surface area contributed by atoms with Gasteiger partial charge in [-0.05, 0) is 74.2 Å². The van der Waals surface area contributed by atoms with E-state index < -0.39 is 0 Å². The van der Waals surface area contributed by atoms with Crippen molar-refractivity contribution in [3.05, 3.63) is 76.3 Å². The van der Waals surface area contributed by atoms with E-state index in [2.05, 4.69) is 30.1 Å². The second kappa shape index (κ2) is 9.14. The van der Waals surface area contributed by atoms with Gasteiger partial charge in [0.1, 0.15) is 10.8 Å². The highest BCUT2D eigenvalue weighted by Crippen LogP contribution is 2.41. The molecule has 0 spiro atoms. The number of nitrogens with one attached hydrogen (secondary N) is 1. The predicted octanol–water partition coefficient (Wildman–Crippen LogP) is 6.12. The molecule has 0 saturated carbocycles. The molecule has 0 unspecified atom stereocenters. The standard InChI is InChI=1S/C24H27FN2O2S/c1-3-19-15-20(24(30-19)26-23(28)21-5-4-14-29-21)22(17-6-8-18(25)9-7-17)27-12-10-16(2)11-13-27/h4-9,14-16,22H,3,10-13H2,1-2H3,(H,26,28)/t22-/m0/s1. The average molecular weight is 427 g/mol. The zero-order chi connectivity index (χ0) is 21.1. The lowest BCUT2D eigenvalue weighted by Gasteiger charge is -2.37. The number of amides is 1. The fraction of sp³-hybridized carbons (Fsp3) is 0.375. The molecule has 1 atom stereocenters. The van der Waals surface area contributed by atoms with Gasteiger partial charge in [-0.1, -0.05) is 26.0 Å². The van der Waals surface area contributed by atoms with Crippen molar-refractivity contribution in [3.63, 3.8) is 0 Å². The first-order chi connectivity index (χ1) is 14.5. The fourth-order valence-corrected chi connectivity index (χ4v) is 5.05. The van der Waals surface area contributed by atoms with E-state index in [1.165, 1.54) is 23.3 Å². The van der Waals surface area contributed by atoms with Crippen molar-refractivity contribution < 1.29 is 13.6 Å². The summed E-state index contributed by atoms with van der Waals surface area (Å²) in [4.78, 5) is 16.3. The van der Waals surface area contributed by atoms with Crippen LogP contribution in [0.1, 0.15) is 59.3 Å². The number of hydrogen-bond acceptors (Lipinski definition) is 4. The molecule has 4 rings (SSSR count). The van der Waals surface area contributed by atoms with Crippen LogP contribution >= 0.6 is 11.3 Å². The minimum absolute atomic E-state index is 0.0263. The topological polar surface area (TPSA) is 45.5 Å². The number of carbonyl (C=O) groups is 1. The van der Waals surface area contributed by atoms with Gasteiger partial charge in [0.2, 0.25) is 0 Å². The van der Waals surface area contributed by atoms with Gasteiger partial charge in [-0.3, -0.25) is 9.69 Å². The molecule has 0 aliphatic carbocycles. The van der Waals surface area contributed by atoms with Crippen molar-refractivity contribution in [2.24, 2.45) is 5.92 Å². The SMILES string of the molecule is CCc1cc([C@H](c2ccc(F)cc2)N2CCC(C)CC2)c(NC(=O)c2ccco2)s1. The van der Waals surface area contributed by atoms with Crippen LogP contribution in [0.2, 0.25) is 0 Å². The summed E-state index contributed by atoms with van der Waals surface area (Å²) in [6, 6.07) is 12.3. The molecule has 0 bridgehead atoms. The van der Waals surface area contributed by atoms with Crippen molar-refractivity contribution in [3.8, 4) is 0 Å². The number of thiophene rings is 1.